The molecule has 1 aromatic carbocycles. The zero-order chi connectivity index (χ0) is 19.4. The van der Waals surface area contributed by atoms with Crippen LogP contribution in [0.3, 0.4) is 0 Å². The highest BCUT2D eigenvalue weighted by Gasteiger charge is 2.58. The van der Waals surface area contributed by atoms with Gasteiger partial charge in [-0.15, -0.1) is 0 Å². The van der Waals surface area contributed by atoms with Gasteiger partial charge in [-0.25, -0.2) is 0 Å². The van der Waals surface area contributed by atoms with Crippen molar-refractivity contribution in [3.63, 3.8) is 0 Å². The monoisotopic (exact) mass is 441 g/mol. The molecule has 3 aliphatic rings. The van der Waals surface area contributed by atoms with Gasteiger partial charge in [0, 0.05) is 10.0 Å². The topological polar surface area (TPSA) is 75.3 Å². The molecule has 27 heavy (non-hydrogen) atoms. The predicted molar refractivity (Wildman–Crippen MR) is 99.0 cm³/mol. The fourth-order valence-electron chi connectivity index (χ4n) is 3.76. The molecule has 4 rings (SSSR count). The molecule has 0 aliphatic carbocycles. The standard InChI is InChI=1S/C19H24BrNO6/c1-18(2)23-9-12(25-18)14-13(15-17(24-14)27-19(3,4)26-15)21-16(22)10-6-5-7-11(20)8-10/h5-8,12-15,17H,9H2,1-4H3,(H,21,22)/t12-,13+,14-,15-,17-/m1/s1. The Bertz CT molecular complexity index is 739. The van der Waals surface area contributed by atoms with Crippen LogP contribution in [0.15, 0.2) is 28.7 Å². The van der Waals surface area contributed by atoms with Crippen molar-refractivity contribution >= 4 is 21.8 Å². The molecule has 148 valence electrons. The number of halogens is 1. The van der Waals surface area contributed by atoms with Gasteiger partial charge in [-0.3, -0.25) is 4.79 Å². The Hall–Kier alpha value is -1.03. The molecule has 7 nitrogen and oxygen atoms in total. The van der Waals surface area contributed by atoms with E-state index in [1.165, 1.54) is 0 Å². The molecule has 8 heteroatoms. The van der Waals surface area contributed by atoms with Crippen LogP contribution in [-0.2, 0) is 23.7 Å². The van der Waals surface area contributed by atoms with E-state index in [0.29, 0.717) is 12.2 Å². The first kappa shape index (κ1) is 19.3. The molecule has 5 atom stereocenters. The highest BCUT2D eigenvalue weighted by atomic mass is 79.9. The third-order valence-corrected chi connectivity index (χ3v) is 5.36. The van der Waals surface area contributed by atoms with E-state index in [-0.39, 0.29) is 12.0 Å². The van der Waals surface area contributed by atoms with Crippen molar-refractivity contribution in [3.05, 3.63) is 34.3 Å². The lowest BCUT2D eigenvalue weighted by molar-refractivity contribution is -0.223. The van der Waals surface area contributed by atoms with E-state index in [1.807, 2.05) is 39.8 Å². The van der Waals surface area contributed by atoms with E-state index in [2.05, 4.69) is 21.2 Å². The summed E-state index contributed by atoms with van der Waals surface area (Å²) in [4.78, 5) is 12.8. The van der Waals surface area contributed by atoms with Gasteiger partial charge in [0.25, 0.3) is 5.91 Å². The van der Waals surface area contributed by atoms with E-state index in [4.69, 9.17) is 23.7 Å². The maximum atomic E-state index is 12.8. The Balaban J connectivity index is 1.56. The number of fused-ring (bicyclic) bond motifs is 1. The summed E-state index contributed by atoms with van der Waals surface area (Å²) >= 11 is 3.40. The zero-order valence-corrected chi connectivity index (χ0v) is 17.3. The molecule has 1 aromatic rings. The Morgan fingerprint density at radius 3 is 2.56 bits per heavy atom. The largest absolute Gasteiger partial charge is 0.348 e. The number of nitrogens with one attached hydrogen (secondary N) is 1. The van der Waals surface area contributed by atoms with Crippen LogP contribution in [0.5, 0.6) is 0 Å². The first-order chi connectivity index (χ1) is 12.6. The van der Waals surface area contributed by atoms with Crippen LogP contribution in [0.1, 0.15) is 38.1 Å². The van der Waals surface area contributed by atoms with Gasteiger partial charge in [-0.1, -0.05) is 22.0 Å². The second-order valence-corrected chi connectivity index (χ2v) is 8.86. The lowest BCUT2D eigenvalue weighted by Crippen LogP contribution is -2.52. The summed E-state index contributed by atoms with van der Waals surface area (Å²) < 4.78 is 30.5. The molecule has 0 saturated carbocycles. The van der Waals surface area contributed by atoms with Crippen LogP contribution in [0.2, 0.25) is 0 Å². The van der Waals surface area contributed by atoms with Crippen molar-refractivity contribution in [2.75, 3.05) is 6.61 Å². The molecular weight excluding hydrogens is 418 g/mol. The van der Waals surface area contributed by atoms with Gasteiger partial charge in [0.05, 0.1) is 12.6 Å². The van der Waals surface area contributed by atoms with Crippen LogP contribution in [0.4, 0.5) is 0 Å². The first-order valence-electron chi connectivity index (χ1n) is 9.03. The predicted octanol–water partition coefficient (Wildman–Crippen LogP) is 2.58. The summed E-state index contributed by atoms with van der Waals surface area (Å²) in [5.41, 5.74) is 0.550. The van der Waals surface area contributed by atoms with Crippen LogP contribution in [0, 0.1) is 0 Å². The number of rotatable bonds is 3. The third kappa shape index (κ3) is 3.92. The molecule has 3 heterocycles. The Morgan fingerprint density at radius 2 is 1.89 bits per heavy atom. The second-order valence-electron chi connectivity index (χ2n) is 7.95. The average molecular weight is 442 g/mol. The van der Waals surface area contributed by atoms with Crippen molar-refractivity contribution < 1.29 is 28.5 Å². The molecule has 3 aliphatic heterocycles. The molecular formula is C19H24BrNO6. The fraction of sp³-hybridized carbons (Fsp3) is 0.632. The number of ether oxygens (including phenoxy) is 5. The van der Waals surface area contributed by atoms with Crippen molar-refractivity contribution in [1.82, 2.24) is 5.32 Å². The summed E-state index contributed by atoms with van der Waals surface area (Å²) in [5, 5.41) is 3.06. The lowest BCUT2D eigenvalue weighted by Gasteiger charge is -2.29. The fourth-order valence-corrected chi connectivity index (χ4v) is 4.16. The van der Waals surface area contributed by atoms with Gasteiger partial charge in [0.1, 0.15) is 18.3 Å². The van der Waals surface area contributed by atoms with Crippen molar-refractivity contribution in [2.45, 2.75) is 69.9 Å². The van der Waals surface area contributed by atoms with Gasteiger partial charge in [-0.2, -0.15) is 0 Å². The second kappa shape index (κ2) is 6.79. The van der Waals surface area contributed by atoms with Crippen LogP contribution < -0.4 is 5.32 Å². The summed E-state index contributed by atoms with van der Waals surface area (Å²) in [6, 6.07) is 6.80. The molecule has 3 saturated heterocycles. The number of benzene rings is 1. The minimum atomic E-state index is -0.772. The maximum absolute atomic E-state index is 12.8. The van der Waals surface area contributed by atoms with E-state index in [0.717, 1.165) is 4.47 Å². The summed E-state index contributed by atoms with van der Waals surface area (Å²) in [6.07, 6.45) is -1.75. The number of carbonyl (C=O) groups excluding carboxylic acids is 1. The number of amides is 1. The minimum Gasteiger partial charge on any atom is -0.348 e. The van der Waals surface area contributed by atoms with Gasteiger partial charge >= 0.3 is 0 Å². The molecule has 0 unspecified atom stereocenters. The van der Waals surface area contributed by atoms with Crippen molar-refractivity contribution in [3.8, 4) is 0 Å². The van der Waals surface area contributed by atoms with Crippen LogP contribution in [0.25, 0.3) is 0 Å². The van der Waals surface area contributed by atoms with E-state index in [1.54, 1.807) is 12.1 Å². The lowest BCUT2D eigenvalue weighted by atomic mass is 10.0. The molecule has 0 spiro atoms. The summed E-state index contributed by atoms with van der Waals surface area (Å²) in [5.74, 6) is -1.67. The van der Waals surface area contributed by atoms with E-state index >= 15 is 0 Å². The molecule has 3 fully saturated rings. The zero-order valence-electron chi connectivity index (χ0n) is 15.7. The summed E-state index contributed by atoms with van der Waals surface area (Å²) in [7, 11) is 0. The van der Waals surface area contributed by atoms with Gasteiger partial charge in [0.15, 0.2) is 17.9 Å². The van der Waals surface area contributed by atoms with Crippen molar-refractivity contribution in [1.29, 1.82) is 0 Å². The smallest absolute Gasteiger partial charge is 0.251 e. The summed E-state index contributed by atoms with van der Waals surface area (Å²) in [6.45, 7) is 7.75. The molecule has 1 N–H and O–H groups in total. The van der Waals surface area contributed by atoms with Gasteiger partial charge < -0.3 is 29.0 Å². The van der Waals surface area contributed by atoms with Crippen molar-refractivity contribution in [2.24, 2.45) is 0 Å². The quantitative estimate of drug-likeness (QED) is 0.776. The SMILES string of the molecule is CC1(C)O[C@H]2O[C@H]([C@H]3COC(C)(C)O3)[C@H](NC(=O)c3cccc(Br)c3)[C@H]2O1. The minimum absolute atomic E-state index is 0.206. The highest BCUT2D eigenvalue weighted by Crippen LogP contribution is 2.40. The first-order valence-corrected chi connectivity index (χ1v) is 9.82. The van der Waals surface area contributed by atoms with Crippen LogP contribution in [-0.4, -0.2) is 54.7 Å². The Morgan fingerprint density at radius 1 is 1.11 bits per heavy atom. The Kier molecular flexibility index (Phi) is 4.85. The molecule has 0 bridgehead atoms. The van der Waals surface area contributed by atoms with Gasteiger partial charge in [0.2, 0.25) is 0 Å². The molecule has 1 amide bonds. The van der Waals surface area contributed by atoms with Gasteiger partial charge in [-0.05, 0) is 45.9 Å². The van der Waals surface area contributed by atoms with Crippen LogP contribution >= 0.6 is 15.9 Å². The van der Waals surface area contributed by atoms with E-state index < -0.39 is 36.1 Å². The third-order valence-electron chi connectivity index (χ3n) is 4.87. The number of carbonyl (C=O) groups is 1. The Labute approximate surface area is 166 Å². The van der Waals surface area contributed by atoms with E-state index in [9.17, 15) is 4.79 Å². The number of hydrogen-bond acceptors (Lipinski definition) is 6. The average Bonchev–Trinajstić information content (AvgIpc) is 3.18. The maximum Gasteiger partial charge on any atom is 0.251 e. The molecule has 0 aromatic heterocycles. The number of hydrogen-bond donors (Lipinski definition) is 1. The normalized spacial score (nSPS) is 36.6. The highest BCUT2D eigenvalue weighted by molar-refractivity contribution is 9.10. The molecule has 0 radical (unpaired) electrons.